The Balaban J connectivity index is 2.11. The Kier molecular flexibility index (Phi) is 6.01. The van der Waals surface area contributed by atoms with Gasteiger partial charge in [-0.1, -0.05) is 12.1 Å². The molecular formula is C17H17BrO5. The number of benzene rings is 2. The van der Waals surface area contributed by atoms with Gasteiger partial charge < -0.3 is 19.3 Å². The number of hydrogen-bond acceptors (Lipinski definition) is 5. The molecule has 122 valence electrons. The normalized spacial score (nSPS) is 10.3. The standard InChI is InChI=1S/C17H17BrO5/c1-21-15-8-14(18)16(22-2)7-13(15)10-23-17(20)12-5-3-11(9-19)4-6-12/h3-8,19H,9-10H2,1-2H3. The van der Waals surface area contributed by atoms with E-state index in [2.05, 4.69) is 15.9 Å². The van der Waals surface area contributed by atoms with E-state index in [-0.39, 0.29) is 13.2 Å². The molecule has 0 aromatic heterocycles. The smallest absolute Gasteiger partial charge is 0.338 e. The molecule has 5 nitrogen and oxygen atoms in total. The Morgan fingerprint density at radius 2 is 1.74 bits per heavy atom. The monoisotopic (exact) mass is 380 g/mol. The van der Waals surface area contributed by atoms with Crippen molar-refractivity contribution in [2.24, 2.45) is 0 Å². The minimum Gasteiger partial charge on any atom is -0.496 e. The van der Waals surface area contributed by atoms with Gasteiger partial charge in [0, 0.05) is 5.56 Å². The second-order valence-electron chi connectivity index (χ2n) is 4.73. The third-order valence-corrected chi connectivity index (χ3v) is 3.91. The first-order valence-electron chi connectivity index (χ1n) is 6.86. The molecule has 2 aromatic rings. The highest BCUT2D eigenvalue weighted by atomic mass is 79.9. The van der Waals surface area contributed by atoms with E-state index in [1.54, 1.807) is 50.6 Å². The highest BCUT2D eigenvalue weighted by Gasteiger charge is 2.13. The maximum atomic E-state index is 12.1. The molecule has 0 amide bonds. The minimum atomic E-state index is -0.446. The van der Waals surface area contributed by atoms with Crippen LogP contribution < -0.4 is 9.47 Å². The van der Waals surface area contributed by atoms with E-state index in [0.717, 1.165) is 10.0 Å². The summed E-state index contributed by atoms with van der Waals surface area (Å²) in [6.07, 6.45) is 0. The summed E-state index contributed by atoms with van der Waals surface area (Å²) in [5, 5.41) is 9.00. The molecule has 0 radical (unpaired) electrons. The Labute approximate surface area is 142 Å². The molecule has 0 fully saturated rings. The summed E-state index contributed by atoms with van der Waals surface area (Å²) >= 11 is 3.38. The number of methoxy groups -OCH3 is 2. The fourth-order valence-corrected chi connectivity index (χ4v) is 2.49. The molecule has 0 heterocycles. The predicted octanol–water partition coefficient (Wildman–Crippen LogP) is 3.32. The van der Waals surface area contributed by atoms with E-state index < -0.39 is 5.97 Å². The van der Waals surface area contributed by atoms with Gasteiger partial charge in [-0.25, -0.2) is 4.79 Å². The van der Waals surface area contributed by atoms with Crippen LogP contribution in [0.5, 0.6) is 11.5 Å². The molecule has 0 atom stereocenters. The van der Waals surface area contributed by atoms with Crippen LogP contribution in [0.2, 0.25) is 0 Å². The fraction of sp³-hybridized carbons (Fsp3) is 0.235. The van der Waals surface area contributed by atoms with Crippen molar-refractivity contribution in [2.45, 2.75) is 13.2 Å². The van der Waals surface area contributed by atoms with Gasteiger partial charge in [0.1, 0.15) is 18.1 Å². The van der Waals surface area contributed by atoms with Gasteiger partial charge >= 0.3 is 5.97 Å². The van der Waals surface area contributed by atoms with Crippen molar-refractivity contribution < 1.29 is 24.1 Å². The van der Waals surface area contributed by atoms with E-state index in [1.807, 2.05) is 0 Å². The molecule has 0 spiro atoms. The van der Waals surface area contributed by atoms with Gasteiger partial charge in [-0.05, 0) is 45.8 Å². The molecule has 0 saturated heterocycles. The van der Waals surface area contributed by atoms with Gasteiger partial charge in [-0.15, -0.1) is 0 Å². The van der Waals surface area contributed by atoms with Crippen molar-refractivity contribution >= 4 is 21.9 Å². The lowest BCUT2D eigenvalue weighted by Crippen LogP contribution is -2.06. The summed E-state index contributed by atoms with van der Waals surface area (Å²) in [5.74, 6) is 0.781. The average molecular weight is 381 g/mol. The van der Waals surface area contributed by atoms with Crippen molar-refractivity contribution in [3.8, 4) is 11.5 Å². The van der Waals surface area contributed by atoms with Crippen LogP contribution >= 0.6 is 15.9 Å². The average Bonchev–Trinajstić information content (AvgIpc) is 2.60. The van der Waals surface area contributed by atoms with Crippen LogP contribution in [0.3, 0.4) is 0 Å². The zero-order valence-electron chi connectivity index (χ0n) is 12.8. The quantitative estimate of drug-likeness (QED) is 0.778. The van der Waals surface area contributed by atoms with Gasteiger partial charge in [-0.2, -0.15) is 0 Å². The molecule has 6 heteroatoms. The Morgan fingerprint density at radius 3 is 2.30 bits per heavy atom. The maximum Gasteiger partial charge on any atom is 0.338 e. The summed E-state index contributed by atoms with van der Waals surface area (Å²) in [7, 11) is 3.11. The number of carbonyl (C=O) groups is 1. The van der Waals surface area contributed by atoms with Crippen LogP contribution in [0, 0.1) is 0 Å². The summed E-state index contributed by atoms with van der Waals surface area (Å²) in [5.41, 5.74) is 1.86. The largest absolute Gasteiger partial charge is 0.496 e. The molecule has 2 rings (SSSR count). The number of rotatable bonds is 6. The number of aliphatic hydroxyl groups excluding tert-OH is 1. The number of ether oxygens (including phenoxy) is 3. The predicted molar refractivity (Wildman–Crippen MR) is 88.7 cm³/mol. The van der Waals surface area contributed by atoms with Crippen molar-refractivity contribution in [1.82, 2.24) is 0 Å². The Morgan fingerprint density at radius 1 is 1.09 bits per heavy atom. The molecule has 0 bridgehead atoms. The van der Waals surface area contributed by atoms with Crippen LogP contribution in [0.4, 0.5) is 0 Å². The lowest BCUT2D eigenvalue weighted by atomic mass is 10.1. The third-order valence-electron chi connectivity index (χ3n) is 3.29. The van der Waals surface area contributed by atoms with Gasteiger partial charge in [0.05, 0.1) is 30.9 Å². The number of carbonyl (C=O) groups excluding carboxylic acids is 1. The Bertz CT molecular complexity index is 682. The molecule has 0 aliphatic heterocycles. The second-order valence-corrected chi connectivity index (χ2v) is 5.58. The fourth-order valence-electron chi connectivity index (χ4n) is 2.01. The first-order valence-corrected chi connectivity index (χ1v) is 7.65. The van der Waals surface area contributed by atoms with Crippen molar-refractivity contribution in [2.75, 3.05) is 14.2 Å². The van der Waals surface area contributed by atoms with Gasteiger partial charge in [0.15, 0.2) is 0 Å². The van der Waals surface area contributed by atoms with Crippen LogP contribution in [0.25, 0.3) is 0 Å². The van der Waals surface area contributed by atoms with E-state index in [1.165, 1.54) is 0 Å². The van der Waals surface area contributed by atoms with Crippen molar-refractivity contribution in [1.29, 1.82) is 0 Å². The molecule has 23 heavy (non-hydrogen) atoms. The van der Waals surface area contributed by atoms with Gasteiger partial charge in [0.25, 0.3) is 0 Å². The van der Waals surface area contributed by atoms with E-state index in [9.17, 15) is 4.79 Å². The molecule has 0 saturated carbocycles. The SMILES string of the molecule is COc1cc(COC(=O)c2ccc(CO)cc2)c(OC)cc1Br. The maximum absolute atomic E-state index is 12.1. The van der Waals surface area contributed by atoms with Crippen LogP contribution in [-0.2, 0) is 18.0 Å². The van der Waals surface area contributed by atoms with Crippen LogP contribution in [0.15, 0.2) is 40.9 Å². The number of halogens is 1. The summed E-state index contributed by atoms with van der Waals surface area (Å²) in [6.45, 7) is -0.00138. The van der Waals surface area contributed by atoms with E-state index >= 15 is 0 Å². The second kappa shape index (κ2) is 7.99. The highest BCUT2D eigenvalue weighted by Crippen LogP contribution is 2.33. The van der Waals surface area contributed by atoms with Crippen molar-refractivity contribution in [3.63, 3.8) is 0 Å². The summed E-state index contributed by atoms with van der Waals surface area (Å²) in [6, 6.07) is 10.1. The molecule has 2 aromatic carbocycles. The summed E-state index contributed by atoms with van der Waals surface area (Å²) < 4.78 is 16.6. The number of esters is 1. The Hall–Kier alpha value is -2.05. The zero-order chi connectivity index (χ0) is 16.8. The number of aliphatic hydroxyl groups is 1. The summed E-state index contributed by atoms with van der Waals surface area (Å²) in [4.78, 5) is 12.1. The first-order chi connectivity index (χ1) is 11.1. The molecule has 1 N–H and O–H groups in total. The first kappa shape index (κ1) is 17.3. The molecule has 0 unspecified atom stereocenters. The third kappa shape index (κ3) is 4.24. The van der Waals surface area contributed by atoms with E-state index in [4.69, 9.17) is 19.3 Å². The molecule has 0 aliphatic rings. The number of hydrogen-bond donors (Lipinski definition) is 1. The van der Waals surface area contributed by atoms with Crippen LogP contribution in [-0.4, -0.2) is 25.3 Å². The highest BCUT2D eigenvalue weighted by molar-refractivity contribution is 9.10. The minimum absolute atomic E-state index is 0.0629. The molecule has 0 aliphatic carbocycles. The lowest BCUT2D eigenvalue weighted by Gasteiger charge is -2.12. The molecular weight excluding hydrogens is 364 g/mol. The van der Waals surface area contributed by atoms with Crippen molar-refractivity contribution in [3.05, 3.63) is 57.6 Å². The topological polar surface area (TPSA) is 65.0 Å². The van der Waals surface area contributed by atoms with Gasteiger partial charge in [0.2, 0.25) is 0 Å². The lowest BCUT2D eigenvalue weighted by molar-refractivity contribution is 0.0469. The van der Waals surface area contributed by atoms with Gasteiger partial charge in [-0.3, -0.25) is 0 Å². The van der Waals surface area contributed by atoms with E-state index in [0.29, 0.717) is 22.6 Å². The zero-order valence-corrected chi connectivity index (χ0v) is 14.4. The van der Waals surface area contributed by atoms with Crippen LogP contribution in [0.1, 0.15) is 21.5 Å².